The van der Waals surface area contributed by atoms with Crippen molar-refractivity contribution in [2.75, 3.05) is 13.2 Å². The molecule has 14 heavy (non-hydrogen) atoms. The van der Waals surface area contributed by atoms with E-state index in [0.717, 1.165) is 12.0 Å². The molecule has 74 valence electrons. The molecule has 1 unspecified atom stereocenters. The Bertz CT molecular complexity index is 309. The normalized spacial score (nSPS) is 12.1. The molecule has 3 N–H and O–H groups in total. The van der Waals surface area contributed by atoms with Crippen LogP contribution in [-0.4, -0.2) is 18.3 Å². The van der Waals surface area contributed by atoms with Gasteiger partial charge in [0.1, 0.15) is 0 Å². The SMILES string of the molecule is N#Cc1ccc(CC(CN)CO)cc1. The molecular weight excluding hydrogens is 176 g/mol. The van der Waals surface area contributed by atoms with Crippen molar-refractivity contribution in [2.24, 2.45) is 11.7 Å². The molecule has 1 aromatic rings. The smallest absolute Gasteiger partial charge is 0.0991 e. The van der Waals surface area contributed by atoms with E-state index in [2.05, 4.69) is 6.07 Å². The summed E-state index contributed by atoms with van der Waals surface area (Å²) < 4.78 is 0. The minimum atomic E-state index is 0.108. The van der Waals surface area contributed by atoms with Gasteiger partial charge in [0.15, 0.2) is 0 Å². The third-order valence-electron chi connectivity index (χ3n) is 2.20. The molecule has 0 radical (unpaired) electrons. The molecule has 0 fully saturated rings. The van der Waals surface area contributed by atoms with E-state index in [1.54, 1.807) is 12.1 Å². The second-order valence-electron chi connectivity index (χ2n) is 3.30. The van der Waals surface area contributed by atoms with E-state index in [0.29, 0.717) is 12.1 Å². The second kappa shape index (κ2) is 5.38. The summed E-state index contributed by atoms with van der Waals surface area (Å²) in [6, 6.07) is 9.42. The Hall–Kier alpha value is -1.37. The molecule has 0 aliphatic carbocycles. The minimum absolute atomic E-state index is 0.108. The van der Waals surface area contributed by atoms with Gasteiger partial charge < -0.3 is 10.8 Å². The van der Waals surface area contributed by atoms with Crippen LogP contribution in [0.25, 0.3) is 0 Å². The van der Waals surface area contributed by atoms with Crippen LogP contribution in [0.1, 0.15) is 11.1 Å². The van der Waals surface area contributed by atoms with Crippen LogP contribution >= 0.6 is 0 Å². The van der Waals surface area contributed by atoms with E-state index in [1.807, 2.05) is 12.1 Å². The molecule has 0 aromatic heterocycles. The van der Waals surface area contributed by atoms with Crippen LogP contribution in [0.5, 0.6) is 0 Å². The van der Waals surface area contributed by atoms with E-state index >= 15 is 0 Å². The van der Waals surface area contributed by atoms with E-state index < -0.39 is 0 Å². The first-order valence-corrected chi connectivity index (χ1v) is 4.60. The van der Waals surface area contributed by atoms with Gasteiger partial charge >= 0.3 is 0 Å². The molecule has 0 saturated carbocycles. The summed E-state index contributed by atoms with van der Waals surface area (Å²) in [4.78, 5) is 0. The van der Waals surface area contributed by atoms with Gasteiger partial charge in [-0.25, -0.2) is 0 Å². The van der Waals surface area contributed by atoms with Crippen molar-refractivity contribution in [3.05, 3.63) is 35.4 Å². The predicted molar refractivity (Wildman–Crippen MR) is 54.5 cm³/mol. The Labute approximate surface area is 83.8 Å². The van der Waals surface area contributed by atoms with E-state index in [1.165, 1.54) is 0 Å². The van der Waals surface area contributed by atoms with E-state index in [9.17, 15) is 0 Å². The number of benzene rings is 1. The van der Waals surface area contributed by atoms with Gasteiger partial charge in [-0.15, -0.1) is 0 Å². The highest BCUT2D eigenvalue weighted by Crippen LogP contribution is 2.09. The van der Waals surface area contributed by atoms with Gasteiger partial charge in [0.05, 0.1) is 11.6 Å². The Balaban J connectivity index is 2.64. The Morgan fingerprint density at radius 1 is 1.36 bits per heavy atom. The lowest BCUT2D eigenvalue weighted by molar-refractivity contribution is 0.230. The highest BCUT2D eigenvalue weighted by molar-refractivity contribution is 5.31. The summed E-state index contributed by atoms with van der Waals surface area (Å²) in [5.74, 6) is 0.114. The van der Waals surface area contributed by atoms with Gasteiger partial charge in [-0.1, -0.05) is 12.1 Å². The van der Waals surface area contributed by atoms with E-state index in [-0.39, 0.29) is 12.5 Å². The number of nitrogens with two attached hydrogens (primary N) is 1. The fraction of sp³-hybridized carbons (Fsp3) is 0.364. The molecule has 0 saturated heterocycles. The number of rotatable bonds is 4. The molecular formula is C11H14N2O. The van der Waals surface area contributed by atoms with Crippen molar-refractivity contribution in [1.29, 1.82) is 5.26 Å². The third-order valence-corrected chi connectivity index (χ3v) is 2.20. The van der Waals surface area contributed by atoms with Crippen molar-refractivity contribution in [3.8, 4) is 6.07 Å². The first-order valence-electron chi connectivity index (χ1n) is 4.60. The van der Waals surface area contributed by atoms with Gasteiger partial charge in [0, 0.05) is 6.61 Å². The van der Waals surface area contributed by atoms with Gasteiger partial charge in [-0.2, -0.15) is 5.26 Å². The van der Waals surface area contributed by atoms with Gasteiger partial charge in [-0.05, 0) is 36.6 Å². The zero-order valence-corrected chi connectivity index (χ0v) is 7.98. The van der Waals surface area contributed by atoms with Crippen LogP contribution in [0.4, 0.5) is 0 Å². The van der Waals surface area contributed by atoms with Crippen LogP contribution in [0.3, 0.4) is 0 Å². The fourth-order valence-corrected chi connectivity index (χ4v) is 1.27. The topological polar surface area (TPSA) is 70.0 Å². The van der Waals surface area contributed by atoms with Crippen molar-refractivity contribution in [2.45, 2.75) is 6.42 Å². The zero-order valence-electron chi connectivity index (χ0n) is 7.98. The number of aliphatic hydroxyl groups excluding tert-OH is 1. The van der Waals surface area contributed by atoms with Crippen molar-refractivity contribution in [3.63, 3.8) is 0 Å². The van der Waals surface area contributed by atoms with Gasteiger partial charge in [-0.3, -0.25) is 0 Å². The van der Waals surface area contributed by atoms with E-state index in [4.69, 9.17) is 16.1 Å². The summed E-state index contributed by atoms with van der Waals surface area (Å²) in [5.41, 5.74) is 7.23. The van der Waals surface area contributed by atoms with Crippen LogP contribution < -0.4 is 5.73 Å². The number of aliphatic hydroxyl groups is 1. The number of nitrogens with zero attached hydrogens (tertiary/aromatic N) is 1. The first kappa shape index (κ1) is 10.7. The van der Waals surface area contributed by atoms with Gasteiger partial charge in [0.2, 0.25) is 0 Å². The molecule has 0 amide bonds. The Morgan fingerprint density at radius 3 is 2.43 bits per heavy atom. The maximum absolute atomic E-state index is 8.96. The number of hydrogen-bond donors (Lipinski definition) is 2. The lowest BCUT2D eigenvalue weighted by atomic mass is 9.99. The largest absolute Gasteiger partial charge is 0.396 e. The molecule has 0 spiro atoms. The monoisotopic (exact) mass is 190 g/mol. The first-order chi connectivity index (χ1) is 6.80. The summed E-state index contributed by atoms with van der Waals surface area (Å²) in [5, 5.41) is 17.5. The van der Waals surface area contributed by atoms with Crippen LogP contribution in [0.15, 0.2) is 24.3 Å². The standard InChI is InChI=1S/C11H14N2O/c12-6-10-3-1-9(2-4-10)5-11(7-13)8-14/h1-4,11,14H,5,7-8,13H2. The average molecular weight is 190 g/mol. The van der Waals surface area contributed by atoms with Crippen molar-refractivity contribution < 1.29 is 5.11 Å². The molecule has 1 atom stereocenters. The van der Waals surface area contributed by atoms with Crippen LogP contribution in [0.2, 0.25) is 0 Å². The molecule has 0 aliphatic rings. The number of nitriles is 1. The molecule has 3 heteroatoms. The van der Waals surface area contributed by atoms with Crippen molar-refractivity contribution in [1.82, 2.24) is 0 Å². The Kier molecular flexibility index (Phi) is 4.11. The summed E-state index contributed by atoms with van der Waals surface area (Å²) in [7, 11) is 0. The lowest BCUT2D eigenvalue weighted by Gasteiger charge is -2.10. The van der Waals surface area contributed by atoms with Crippen LogP contribution in [-0.2, 0) is 6.42 Å². The van der Waals surface area contributed by atoms with Gasteiger partial charge in [0.25, 0.3) is 0 Å². The minimum Gasteiger partial charge on any atom is -0.396 e. The molecule has 1 aromatic carbocycles. The number of hydrogen-bond acceptors (Lipinski definition) is 3. The van der Waals surface area contributed by atoms with Crippen molar-refractivity contribution >= 4 is 0 Å². The predicted octanol–water partition coefficient (Wildman–Crippen LogP) is 0.668. The third kappa shape index (κ3) is 2.84. The van der Waals surface area contributed by atoms with Crippen LogP contribution in [0, 0.1) is 17.2 Å². The molecule has 1 rings (SSSR count). The average Bonchev–Trinajstić information content (AvgIpc) is 2.26. The molecule has 0 bridgehead atoms. The second-order valence-corrected chi connectivity index (χ2v) is 3.30. The maximum Gasteiger partial charge on any atom is 0.0991 e. The Morgan fingerprint density at radius 2 is 2.00 bits per heavy atom. The fourth-order valence-electron chi connectivity index (χ4n) is 1.27. The highest BCUT2D eigenvalue weighted by atomic mass is 16.3. The summed E-state index contributed by atoms with van der Waals surface area (Å²) in [6.45, 7) is 0.590. The molecule has 3 nitrogen and oxygen atoms in total. The lowest BCUT2D eigenvalue weighted by Crippen LogP contribution is -2.20. The maximum atomic E-state index is 8.96. The zero-order chi connectivity index (χ0) is 10.4. The quantitative estimate of drug-likeness (QED) is 0.733. The molecule has 0 aliphatic heterocycles. The molecule has 0 heterocycles. The highest BCUT2D eigenvalue weighted by Gasteiger charge is 2.05. The summed E-state index contributed by atoms with van der Waals surface area (Å²) >= 11 is 0. The summed E-state index contributed by atoms with van der Waals surface area (Å²) in [6.07, 6.45) is 0.763.